The van der Waals surface area contributed by atoms with E-state index in [9.17, 15) is 14.2 Å². The highest BCUT2D eigenvalue weighted by Gasteiger charge is 2.32. The number of aromatic nitrogens is 2. The molecule has 0 bridgehead atoms. The number of hydrogen-bond donors (Lipinski definition) is 2. The van der Waals surface area contributed by atoms with E-state index >= 15 is 0 Å². The van der Waals surface area contributed by atoms with E-state index in [1.807, 2.05) is 0 Å². The average Bonchev–Trinajstić information content (AvgIpc) is 2.82. The molecule has 0 radical (unpaired) electrons. The first-order valence-electron chi connectivity index (χ1n) is 6.98. The second-order valence-electron chi connectivity index (χ2n) is 5.37. The Labute approximate surface area is 137 Å². The van der Waals surface area contributed by atoms with Crippen molar-refractivity contribution < 1.29 is 19.2 Å². The first-order chi connectivity index (χ1) is 10.9. The summed E-state index contributed by atoms with van der Waals surface area (Å²) in [4.78, 5) is 26.5. The van der Waals surface area contributed by atoms with Gasteiger partial charge in [0.1, 0.15) is 11.4 Å². The summed E-state index contributed by atoms with van der Waals surface area (Å²) in [5, 5.41) is 9.06. The molecule has 1 aromatic rings. The van der Waals surface area contributed by atoms with E-state index in [1.165, 1.54) is 10.8 Å². The molecular formula is C12H18N3O5P3. The van der Waals surface area contributed by atoms with Crippen molar-refractivity contribution >= 4 is 36.2 Å². The number of rotatable bonds is 7. The molecule has 1 saturated heterocycles. The van der Waals surface area contributed by atoms with Crippen LogP contribution in [0.2, 0.25) is 0 Å². The molecule has 11 heteroatoms. The minimum atomic E-state index is -1.22. The van der Waals surface area contributed by atoms with Crippen LogP contribution in [0.3, 0.4) is 0 Å². The monoisotopic (exact) mass is 377 g/mol. The van der Waals surface area contributed by atoms with Crippen LogP contribution in [0.25, 0.3) is 0 Å². The summed E-state index contributed by atoms with van der Waals surface area (Å²) in [5.74, 6) is -1.16. The van der Waals surface area contributed by atoms with Crippen LogP contribution in [0.1, 0.15) is 23.7 Å². The summed E-state index contributed by atoms with van der Waals surface area (Å²) in [6.45, 7) is 2.33. The fourth-order valence-electron chi connectivity index (χ4n) is 2.57. The van der Waals surface area contributed by atoms with Crippen LogP contribution in [0.5, 0.6) is 0 Å². The number of hydrogen-bond acceptors (Lipinski definition) is 6. The normalized spacial score (nSPS) is 25.2. The Hall–Kier alpha value is -0.930. The van der Waals surface area contributed by atoms with Gasteiger partial charge in [-0.3, -0.25) is 9.13 Å². The zero-order valence-corrected chi connectivity index (χ0v) is 15.3. The van der Waals surface area contributed by atoms with Gasteiger partial charge in [0, 0.05) is 6.20 Å². The smallest absolute Gasteiger partial charge is 0.349 e. The van der Waals surface area contributed by atoms with Gasteiger partial charge in [-0.1, -0.05) is 15.2 Å². The van der Waals surface area contributed by atoms with Crippen LogP contribution in [0.15, 0.2) is 11.0 Å². The Bertz CT molecular complexity index is 653. The molecule has 1 fully saturated rings. The third-order valence-electron chi connectivity index (χ3n) is 3.72. The Morgan fingerprint density at radius 1 is 1.65 bits per heavy atom. The number of carboxylic acids is 1. The molecule has 3 N–H and O–H groups in total. The average molecular weight is 377 g/mol. The molecule has 1 aromatic heterocycles. The number of nitrogens with zero attached hydrogens (tertiary/aromatic N) is 2. The molecule has 0 aliphatic carbocycles. The van der Waals surface area contributed by atoms with Crippen molar-refractivity contribution in [2.45, 2.75) is 32.1 Å². The van der Waals surface area contributed by atoms with Gasteiger partial charge in [0.05, 0.1) is 18.8 Å². The highest BCUT2D eigenvalue weighted by molar-refractivity contribution is 8.40. The largest absolute Gasteiger partial charge is 0.478 e. The molecule has 5 atom stereocenters. The number of ether oxygens (including phenoxy) is 1. The first-order valence-corrected chi connectivity index (χ1v) is 11.8. The summed E-state index contributed by atoms with van der Waals surface area (Å²) >= 11 is 0. The number of nitrogen functional groups attached to an aromatic ring is 1. The molecule has 2 rings (SSSR count). The van der Waals surface area contributed by atoms with Gasteiger partial charge in [0.15, 0.2) is 8.15 Å². The number of carbonyl (C=O) groups is 1. The zero-order chi connectivity index (χ0) is 17.0. The Morgan fingerprint density at radius 3 is 3.04 bits per heavy atom. The van der Waals surface area contributed by atoms with Crippen LogP contribution in [-0.4, -0.2) is 39.0 Å². The van der Waals surface area contributed by atoms with E-state index in [1.54, 1.807) is 0 Å². The standard InChI is InChI=1S/C12H18N3O5P3/c1-6-2-7(20-9(6)5-21-23-22-19)3-15-4-8(11(16)17)10(13)14-12(15)18/h4,6-7,9,21,23H,2-3,5H2,1H3,(H,16,17)(H2,13,14,18)/t6?,7-,9-/m1/s1. The summed E-state index contributed by atoms with van der Waals surface area (Å²) in [7, 11) is 1.19. The maximum absolute atomic E-state index is 11.9. The van der Waals surface area contributed by atoms with Crippen molar-refractivity contribution in [3.8, 4) is 0 Å². The lowest BCUT2D eigenvalue weighted by atomic mass is 10.0. The van der Waals surface area contributed by atoms with Gasteiger partial charge in [-0.05, 0) is 26.5 Å². The lowest BCUT2D eigenvalue weighted by molar-refractivity contribution is 0.0401. The van der Waals surface area contributed by atoms with Gasteiger partial charge in [-0.15, -0.1) is 0 Å². The van der Waals surface area contributed by atoms with Gasteiger partial charge >= 0.3 is 11.7 Å². The number of carboxylic acid groups (broad SMARTS) is 1. The molecule has 1 aliphatic heterocycles. The van der Waals surface area contributed by atoms with E-state index in [4.69, 9.17) is 15.6 Å². The van der Waals surface area contributed by atoms with Crippen LogP contribution in [-0.2, 0) is 15.8 Å². The van der Waals surface area contributed by atoms with Gasteiger partial charge in [-0.25, -0.2) is 9.59 Å². The Balaban J connectivity index is 2.05. The van der Waals surface area contributed by atoms with Crippen molar-refractivity contribution in [1.29, 1.82) is 0 Å². The molecule has 23 heavy (non-hydrogen) atoms. The predicted octanol–water partition coefficient (Wildman–Crippen LogP) is 1.80. The molecule has 0 saturated carbocycles. The molecule has 0 aromatic carbocycles. The zero-order valence-electron chi connectivity index (χ0n) is 12.4. The molecule has 1 aliphatic rings. The lowest BCUT2D eigenvalue weighted by Crippen LogP contribution is -2.30. The van der Waals surface area contributed by atoms with E-state index in [0.717, 1.165) is 12.6 Å². The highest BCUT2D eigenvalue weighted by Crippen LogP contribution is 2.48. The molecule has 0 amide bonds. The third-order valence-corrected chi connectivity index (χ3v) is 8.18. The Kier molecular flexibility index (Phi) is 6.60. The van der Waals surface area contributed by atoms with E-state index < -0.39 is 11.7 Å². The van der Waals surface area contributed by atoms with E-state index in [2.05, 4.69) is 11.9 Å². The maximum Gasteiger partial charge on any atom is 0.349 e. The highest BCUT2D eigenvalue weighted by atomic mass is 32.4. The summed E-state index contributed by atoms with van der Waals surface area (Å²) in [6.07, 6.45) is 2.78. The predicted molar refractivity (Wildman–Crippen MR) is 91.4 cm³/mol. The van der Waals surface area contributed by atoms with Crippen molar-refractivity contribution in [2.24, 2.45) is 5.92 Å². The summed E-state index contributed by atoms with van der Waals surface area (Å²) in [6, 6.07) is 0. The minimum absolute atomic E-state index is 0.0870. The number of aromatic carboxylic acids is 1. The van der Waals surface area contributed by atoms with Crippen molar-refractivity contribution in [2.75, 3.05) is 11.9 Å². The molecular weight excluding hydrogens is 359 g/mol. The molecule has 0 spiro atoms. The van der Waals surface area contributed by atoms with E-state index in [-0.39, 0.29) is 38.3 Å². The fourth-order valence-corrected chi connectivity index (χ4v) is 5.90. The number of anilines is 1. The summed E-state index contributed by atoms with van der Waals surface area (Å²) < 4.78 is 17.7. The van der Waals surface area contributed by atoms with Crippen molar-refractivity contribution in [1.82, 2.24) is 9.55 Å². The van der Waals surface area contributed by atoms with Crippen LogP contribution < -0.4 is 11.4 Å². The first kappa shape index (κ1) is 18.4. The molecule has 126 valence electrons. The van der Waals surface area contributed by atoms with Gasteiger partial charge < -0.3 is 15.6 Å². The SMILES string of the molecule is CC1C[C@H](Cn2cc(C(=O)O)c(N)nc2=O)O[C@@H]1CPPP=O. The molecule has 2 heterocycles. The van der Waals surface area contributed by atoms with E-state index in [0.29, 0.717) is 22.1 Å². The van der Waals surface area contributed by atoms with Crippen LogP contribution in [0.4, 0.5) is 5.82 Å². The molecule has 8 nitrogen and oxygen atoms in total. The topological polar surface area (TPSA) is 125 Å². The second kappa shape index (κ2) is 8.25. The van der Waals surface area contributed by atoms with Crippen molar-refractivity contribution in [3.63, 3.8) is 0 Å². The van der Waals surface area contributed by atoms with Crippen LogP contribution in [0, 0.1) is 5.92 Å². The number of nitrogens with two attached hydrogens (primary N) is 1. The van der Waals surface area contributed by atoms with Crippen LogP contribution >= 0.6 is 24.4 Å². The Morgan fingerprint density at radius 2 is 2.39 bits per heavy atom. The maximum atomic E-state index is 11.9. The quantitative estimate of drug-likeness (QED) is 0.548. The van der Waals surface area contributed by atoms with Gasteiger partial charge in [0.25, 0.3) is 0 Å². The van der Waals surface area contributed by atoms with Gasteiger partial charge in [-0.2, -0.15) is 4.98 Å². The van der Waals surface area contributed by atoms with Gasteiger partial charge in [0.2, 0.25) is 0 Å². The lowest BCUT2D eigenvalue weighted by Gasteiger charge is -2.15. The second-order valence-corrected chi connectivity index (χ2v) is 10.8. The fraction of sp³-hybridized carbons (Fsp3) is 0.583. The minimum Gasteiger partial charge on any atom is -0.478 e. The van der Waals surface area contributed by atoms with Crippen molar-refractivity contribution in [3.05, 3.63) is 22.2 Å². The summed E-state index contributed by atoms with van der Waals surface area (Å²) in [5.41, 5.74) is 4.68. The third kappa shape index (κ3) is 4.77. The molecule has 3 unspecified atom stereocenters.